The first-order chi connectivity index (χ1) is 12.5. The summed E-state index contributed by atoms with van der Waals surface area (Å²) in [6.45, 7) is 5.44. The van der Waals surface area contributed by atoms with E-state index >= 15 is 0 Å². The highest BCUT2D eigenvalue weighted by atomic mass is 35.5. The first kappa shape index (κ1) is 20.6. The Balaban J connectivity index is 0.00000210. The summed E-state index contributed by atoms with van der Waals surface area (Å²) in [5, 5.41) is 0. The number of sulfonamides is 1. The molecule has 2 saturated heterocycles. The van der Waals surface area contributed by atoms with Crippen LogP contribution in [0.2, 0.25) is 0 Å². The maximum absolute atomic E-state index is 11.7. The maximum Gasteiger partial charge on any atom is 0.211 e. The normalized spacial score (nSPS) is 20.2. The topological polar surface area (TPSA) is 58.4 Å². The van der Waals surface area contributed by atoms with Crippen LogP contribution < -0.4 is 0 Å². The van der Waals surface area contributed by atoms with Crippen LogP contribution in [0.25, 0.3) is 11.0 Å². The molecule has 2 aliphatic rings. The Morgan fingerprint density at radius 3 is 2.41 bits per heavy atom. The number of hydrogen-bond donors (Lipinski definition) is 0. The molecule has 0 spiro atoms. The molecule has 0 unspecified atom stereocenters. The van der Waals surface area contributed by atoms with Crippen LogP contribution in [-0.2, 0) is 23.1 Å². The number of aromatic nitrogens is 2. The summed E-state index contributed by atoms with van der Waals surface area (Å²) in [7, 11) is -3.06. The Kier molecular flexibility index (Phi) is 6.46. The average molecular weight is 413 g/mol. The number of nitrogens with zero attached hydrogens (tertiary/aromatic N) is 4. The summed E-state index contributed by atoms with van der Waals surface area (Å²) >= 11 is 0. The average Bonchev–Trinajstić information content (AvgIpc) is 3.24. The summed E-state index contributed by atoms with van der Waals surface area (Å²) in [5.74, 6) is 1.65. The van der Waals surface area contributed by atoms with Crippen LogP contribution >= 0.6 is 12.4 Å². The van der Waals surface area contributed by atoms with Gasteiger partial charge in [-0.25, -0.2) is 17.7 Å². The largest absolute Gasteiger partial charge is 0.327 e. The molecule has 4 rings (SSSR count). The Labute approximate surface area is 168 Å². The molecule has 0 aliphatic carbocycles. The number of hydrogen-bond acceptors (Lipinski definition) is 4. The molecule has 1 aromatic carbocycles. The van der Waals surface area contributed by atoms with Crippen LogP contribution in [0.4, 0.5) is 0 Å². The van der Waals surface area contributed by atoms with E-state index in [2.05, 4.69) is 27.7 Å². The Hall–Kier alpha value is -1.15. The van der Waals surface area contributed by atoms with Crippen molar-refractivity contribution >= 4 is 33.5 Å². The second-order valence-electron chi connectivity index (χ2n) is 7.72. The SMILES string of the molecule is CS(=O)(=O)N1CCC(Cn2c(CN3CCCC3)nc3ccccc32)CC1.Cl. The quantitative estimate of drug-likeness (QED) is 0.757. The van der Waals surface area contributed by atoms with E-state index in [4.69, 9.17) is 4.98 Å². The van der Waals surface area contributed by atoms with Gasteiger partial charge in [-0.2, -0.15) is 0 Å². The smallest absolute Gasteiger partial charge is 0.211 e. The first-order valence-corrected chi connectivity index (χ1v) is 11.5. The molecule has 2 aliphatic heterocycles. The van der Waals surface area contributed by atoms with Gasteiger partial charge in [-0.05, 0) is 56.8 Å². The van der Waals surface area contributed by atoms with Gasteiger partial charge in [-0.3, -0.25) is 4.90 Å². The number of benzene rings is 1. The Morgan fingerprint density at radius 1 is 1.07 bits per heavy atom. The molecule has 150 valence electrons. The van der Waals surface area contributed by atoms with E-state index in [0.717, 1.165) is 50.4 Å². The second-order valence-corrected chi connectivity index (χ2v) is 9.70. The van der Waals surface area contributed by atoms with Crippen molar-refractivity contribution in [3.63, 3.8) is 0 Å². The number of imidazole rings is 1. The molecule has 0 amide bonds. The van der Waals surface area contributed by atoms with Gasteiger partial charge in [-0.15, -0.1) is 12.4 Å². The van der Waals surface area contributed by atoms with Crippen molar-refractivity contribution in [1.82, 2.24) is 18.8 Å². The lowest BCUT2D eigenvalue weighted by atomic mass is 9.98. The fourth-order valence-electron chi connectivity index (χ4n) is 4.27. The van der Waals surface area contributed by atoms with Crippen molar-refractivity contribution in [3.05, 3.63) is 30.1 Å². The second kappa shape index (κ2) is 8.47. The van der Waals surface area contributed by atoms with Gasteiger partial charge in [0.25, 0.3) is 0 Å². The predicted molar refractivity (Wildman–Crippen MR) is 111 cm³/mol. The van der Waals surface area contributed by atoms with E-state index in [1.807, 2.05) is 6.07 Å². The Morgan fingerprint density at radius 2 is 1.74 bits per heavy atom. The van der Waals surface area contributed by atoms with Gasteiger partial charge in [0.05, 0.1) is 23.8 Å². The first-order valence-electron chi connectivity index (χ1n) is 9.62. The summed E-state index contributed by atoms with van der Waals surface area (Å²) in [6.07, 6.45) is 5.71. The molecule has 0 atom stereocenters. The van der Waals surface area contributed by atoms with Crippen molar-refractivity contribution in [2.24, 2.45) is 5.92 Å². The highest BCUT2D eigenvalue weighted by Crippen LogP contribution is 2.25. The molecule has 0 N–H and O–H groups in total. The van der Waals surface area contributed by atoms with Crippen LogP contribution in [0.3, 0.4) is 0 Å². The molecular weight excluding hydrogens is 384 g/mol. The highest BCUT2D eigenvalue weighted by Gasteiger charge is 2.26. The van der Waals surface area contributed by atoms with E-state index in [-0.39, 0.29) is 12.4 Å². The fourth-order valence-corrected chi connectivity index (χ4v) is 5.15. The van der Waals surface area contributed by atoms with Crippen LogP contribution in [0.15, 0.2) is 24.3 Å². The number of para-hydroxylation sites is 2. The zero-order valence-corrected chi connectivity index (χ0v) is 17.5. The molecule has 2 aromatic rings. The monoisotopic (exact) mass is 412 g/mol. The minimum absolute atomic E-state index is 0. The van der Waals surface area contributed by atoms with Gasteiger partial charge in [0.2, 0.25) is 10.0 Å². The van der Waals surface area contributed by atoms with Gasteiger partial charge in [-0.1, -0.05) is 12.1 Å². The number of fused-ring (bicyclic) bond motifs is 1. The van der Waals surface area contributed by atoms with Crippen LogP contribution in [-0.4, -0.2) is 59.6 Å². The third-order valence-electron chi connectivity index (χ3n) is 5.78. The van der Waals surface area contributed by atoms with Crippen LogP contribution in [0, 0.1) is 5.92 Å². The highest BCUT2D eigenvalue weighted by molar-refractivity contribution is 7.88. The fraction of sp³-hybridized carbons (Fsp3) is 0.632. The molecular formula is C19H29ClN4O2S. The lowest BCUT2D eigenvalue weighted by Gasteiger charge is -2.31. The van der Waals surface area contributed by atoms with Crippen molar-refractivity contribution in [2.75, 3.05) is 32.4 Å². The third-order valence-corrected chi connectivity index (χ3v) is 7.08. The number of likely N-dealkylation sites (tertiary alicyclic amines) is 1. The van der Waals surface area contributed by atoms with Gasteiger partial charge < -0.3 is 4.57 Å². The van der Waals surface area contributed by atoms with E-state index in [1.165, 1.54) is 24.6 Å². The van der Waals surface area contributed by atoms with Crippen molar-refractivity contribution in [1.29, 1.82) is 0 Å². The van der Waals surface area contributed by atoms with Gasteiger partial charge >= 0.3 is 0 Å². The molecule has 27 heavy (non-hydrogen) atoms. The molecule has 0 saturated carbocycles. The van der Waals surface area contributed by atoms with E-state index in [9.17, 15) is 8.42 Å². The van der Waals surface area contributed by atoms with Crippen molar-refractivity contribution < 1.29 is 8.42 Å². The summed E-state index contributed by atoms with van der Waals surface area (Å²) in [4.78, 5) is 7.40. The van der Waals surface area contributed by atoms with E-state index in [1.54, 1.807) is 4.31 Å². The van der Waals surface area contributed by atoms with Gasteiger partial charge in [0.15, 0.2) is 0 Å². The number of rotatable bonds is 5. The predicted octanol–water partition coefficient (Wildman–Crippen LogP) is 2.73. The molecule has 0 bridgehead atoms. The van der Waals surface area contributed by atoms with Crippen molar-refractivity contribution in [3.8, 4) is 0 Å². The molecule has 6 nitrogen and oxygen atoms in total. The van der Waals surface area contributed by atoms with Crippen LogP contribution in [0.5, 0.6) is 0 Å². The minimum Gasteiger partial charge on any atom is -0.327 e. The maximum atomic E-state index is 11.7. The molecule has 1 aromatic heterocycles. The summed E-state index contributed by atoms with van der Waals surface area (Å²) < 4.78 is 27.5. The van der Waals surface area contributed by atoms with E-state index in [0.29, 0.717) is 19.0 Å². The molecule has 2 fully saturated rings. The lowest BCUT2D eigenvalue weighted by Crippen LogP contribution is -2.38. The standard InChI is InChI=1S/C19H28N4O2S.ClH/c1-26(24,25)22-12-8-16(9-13-22)14-23-18-7-3-2-6-17(18)20-19(23)15-21-10-4-5-11-21;/h2-3,6-7,16H,4-5,8-15H2,1H3;1H. The number of piperidine rings is 1. The van der Waals surface area contributed by atoms with E-state index < -0.39 is 10.0 Å². The van der Waals surface area contributed by atoms with Gasteiger partial charge in [0, 0.05) is 19.6 Å². The Bertz CT molecular complexity index is 869. The lowest BCUT2D eigenvalue weighted by molar-refractivity contribution is 0.249. The number of halogens is 1. The van der Waals surface area contributed by atoms with Crippen LogP contribution in [0.1, 0.15) is 31.5 Å². The molecule has 8 heteroatoms. The zero-order chi connectivity index (χ0) is 18.1. The van der Waals surface area contributed by atoms with Crippen molar-refractivity contribution in [2.45, 2.75) is 38.8 Å². The zero-order valence-electron chi connectivity index (χ0n) is 15.9. The molecule has 0 radical (unpaired) electrons. The molecule has 3 heterocycles. The summed E-state index contributed by atoms with van der Waals surface area (Å²) in [6, 6.07) is 8.36. The summed E-state index contributed by atoms with van der Waals surface area (Å²) in [5.41, 5.74) is 2.27. The third kappa shape index (κ3) is 4.65. The minimum atomic E-state index is -3.06. The van der Waals surface area contributed by atoms with Gasteiger partial charge in [0.1, 0.15) is 5.82 Å².